The molecule has 1 N–H and O–H groups in total. The van der Waals surface area contributed by atoms with Crippen molar-refractivity contribution in [2.75, 3.05) is 20.2 Å². The Morgan fingerprint density at radius 1 is 1.25 bits per heavy atom. The molecule has 0 bridgehead atoms. The van der Waals surface area contributed by atoms with Gasteiger partial charge in [-0.1, -0.05) is 30.3 Å². The van der Waals surface area contributed by atoms with Crippen LogP contribution in [0.1, 0.15) is 28.3 Å². The number of amides is 1. The number of halogens is 1. The number of carbonyl (C=O) groups excluding carboxylic acids is 1. The lowest BCUT2D eigenvalue weighted by atomic mass is 9.87. The number of ether oxygens (including phenoxy) is 1. The predicted molar refractivity (Wildman–Crippen MR) is 88.7 cm³/mol. The summed E-state index contributed by atoms with van der Waals surface area (Å²) in [5.74, 6) is -0.720. The highest BCUT2D eigenvalue weighted by atomic mass is 19.1. The van der Waals surface area contributed by atoms with Crippen LogP contribution in [0.4, 0.5) is 4.39 Å². The molecule has 4 nitrogen and oxygen atoms in total. The van der Waals surface area contributed by atoms with E-state index in [1.54, 1.807) is 11.0 Å². The first-order valence-corrected chi connectivity index (χ1v) is 7.96. The van der Waals surface area contributed by atoms with Crippen molar-refractivity contribution in [3.05, 3.63) is 65.5 Å². The lowest BCUT2D eigenvalue weighted by molar-refractivity contribution is 0.0381. The number of likely N-dealkylation sites (tertiary alicyclic amines) is 1. The fourth-order valence-corrected chi connectivity index (χ4v) is 3.19. The van der Waals surface area contributed by atoms with Gasteiger partial charge in [0.15, 0.2) is 11.6 Å². The molecule has 0 radical (unpaired) electrons. The number of rotatable bonds is 3. The van der Waals surface area contributed by atoms with E-state index in [0.29, 0.717) is 13.0 Å². The van der Waals surface area contributed by atoms with Crippen LogP contribution >= 0.6 is 0 Å². The summed E-state index contributed by atoms with van der Waals surface area (Å²) in [5.41, 5.74) is 1.34. The van der Waals surface area contributed by atoms with Crippen molar-refractivity contribution in [2.24, 2.45) is 0 Å². The number of hydrogen-bond acceptors (Lipinski definition) is 3. The second-order valence-electron chi connectivity index (χ2n) is 5.97. The zero-order valence-corrected chi connectivity index (χ0v) is 13.5. The molecule has 1 heterocycles. The SMILES string of the molecule is COc1ccc(C(=O)N2CC[C@@H](c3ccccc3)[C@H](O)C2)cc1F. The van der Waals surface area contributed by atoms with Gasteiger partial charge in [0.25, 0.3) is 5.91 Å². The molecule has 0 spiro atoms. The molecule has 2 aromatic carbocycles. The Bertz CT molecular complexity index is 720. The van der Waals surface area contributed by atoms with Crippen molar-refractivity contribution in [1.82, 2.24) is 4.90 Å². The Morgan fingerprint density at radius 3 is 2.62 bits per heavy atom. The van der Waals surface area contributed by atoms with Gasteiger partial charge in [0, 0.05) is 24.6 Å². The molecule has 1 aliphatic rings. The Morgan fingerprint density at radius 2 is 2.00 bits per heavy atom. The second kappa shape index (κ2) is 7.01. The average molecular weight is 329 g/mol. The van der Waals surface area contributed by atoms with Gasteiger partial charge >= 0.3 is 0 Å². The minimum absolute atomic E-state index is 0.0165. The minimum Gasteiger partial charge on any atom is -0.494 e. The number of aliphatic hydroxyl groups is 1. The van der Waals surface area contributed by atoms with Crippen LogP contribution in [0.2, 0.25) is 0 Å². The third kappa shape index (κ3) is 3.26. The molecule has 1 fully saturated rings. The van der Waals surface area contributed by atoms with Gasteiger partial charge in [0.1, 0.15) is 0 Å². The van der Waals surface area contributed by atoms with E-state index in [4.69, 9.17) is 4.74 Å². The van der Waals surface area contributed by atoms with E-state index < -0.39 is 11.9 Å². The van der Waals surface area contributed by atoms with E-state index in [9.17, 15) is 14.3 Å². The smallest absolute Gasteiger partial charge is 0.254 e. The van der Waals surface area contributed by atoms with Crippen LogP contribution in [0, 0.1) is 5.82 Å². The minimum atomic E-state index is -0.631. The van der Waals surface area contributed by atoms with Gasteiger partial charge < -0.3 is 14.7 Å². The molecule has 0 unspecified atom stereocenters. The van der Waals surface area contributed by atoms with Gasteiger partial charge in [-0.15, -0.1) is 0 Å². The van der Waals surface area contributed by atoms with E-state index in [1.165, 1.54) is 19.2 Å². The molecule has 3 rings (SSSR count). The molecule has 2 atom stereocenters. The summed E-state index contributed by atoms with van der Waals surface area (Å²) in [6.45, 7) is 0.773. The van der Waals surface area contributed by atoms with Crippen molar-refractivity contribution in [1.29, 1.82) is 0 Å². The van der Waals surface area contributed by atoms with E-state index in [0.717, 1.165) is 5.56 Å². The number of aliphatic hydroxyl groups excluding tert-OH is 1. The zero-order valence-electron chi connectivity index (χ0n) is 13.5. The summed E-state index contributed by atoms with van der Waals surface area (Å²) in [6.07, 6.45) is 0.0448. The van der Waals surface area contributed by atoms with Crippen LogP contribution in [0.25, 0.3) is 0 Å². The molecule has 24 heavy (non-hydrogen) atoms. The molecule has 0 aliphatic carbocycles. The largest absolute Gasteiger partial charge is 0.494 e. The molecule has 5 heteroatoms. The van der Waals surface area contributed by atoms with Crippen molar-refractivity contribution in [2.45, 2.75) is 18.4 Å². The Balaban J connectivity index is 1.71. The van der Waals surface area contributed by atoms with Gasteiger partial charge in [-0.05, 0) is 30.2 Å². The lowest BCUT2D eigenvalue weighted by Crippen LogP contribution is -2.45. The molecule has 0 saturated carbocycles. The topological polar surface area (TPSA) is 49.8 Å². The highest BCUT2D eigenvalue weighted by Crippen LogP contribution is 2.29. The summed E-state index contributed by atoms with van der Waals surface area (Å²) in [5, 5.41) is 10.4. The Hall–Kier alpha value is -2.40. The maximum absolute atomic E-state index is 13.8. The first-order valence-electron chi connectivity index (χ1n) is 7.96. The van der Waals surface area contributed by atoms with E-state index in [1.807, 2.05) is 30.3 Å². The normalized spacial score (nSPS) is 20.7. The van der Waals surface area contributed by atoms with Gasteiger partial charge in [0.05, 0.1) is 13.2 Å². The highest BCUT2D eigenvalue weighted by Gasteiger charge is 2.31. The molecule has 0 aromatic heterocycles. The monoisotopic (exact) mass is 329 g/mol. The van der Waals surface area contributed by atoms with Crippen LogP contribution in [0.3, 0.4) is 0 Å². The summed E-state index contributed by atoms with van der Waals surface area (Å²) in [4.78, 5) is 14.1. The summed E-state index contributed by atoms with van der Waals surface area (Å²) in [6, 6.07) is 14.0. The molecule has 2 aromatic rings. The molecule has 1 saturated heterocycles. The Labute approximate surface area is 140 Å². The number of methoxy groups -OCH3 is 1. The number of β-amino-alcohol motifs (C(OH)–C–C–N with tert-alkyl or cyclic N) is 1. The number of benzene rings is 2. The fourth-order valence-electron chi connectivity index (χ4n) is 3.19. The average Bonchev–Trinajstić information content (AvgIpc) is 2.61. The van der Waals surface area contributed by atoms with Gasteiger partial charge in [0.2, 0.25) is 0 Å². The van der Waals surface area contributed by atoms with Crippen molar-refractivity contribution in [3.8, 4) is 5.75 Å². The highest BCUT2D eigenvalue weighted by molar-refractivity contribution is 5.94. The van der Waals surface area contributed by atoms with Crippen molar-refractivity contribution < 1.29 is 19.0 Å². The van der Waals surface area contributed by atoms with E-state index >= 15 is 0 Å². The first kappa shape index (κ1) is 16.5. The quantitative estimate of drug-likeness (QED) is 0.942. The maximum Gasteiger partial charge on any atom is 0.254 e. The van der Waals surface area contributed by atoms with Crippen molar-refractivity contribution >= 4 is 5.91 Å². The molecular formula is C19H20FNO3. The van der Waals surface area contributed by atoms with E-state index in [2.05, 4.69) is 0 Å². The molecule has 1 aliphatic heterocycles. The second-order valence-corrected chi connectivity index (χ2v) is 5.97. The number of carbonyl (C=O) groups is 1. The lowest BCUT2D eigenvalue weighted by Gasteiger charge is -2.36. The van der Waals surface area contributed by atoms with Gasteiger partial charge in [-0.25, -0.2) is 4.39 Å². The van der Waals surface area contributed by atoms with Crippen LogP contribution in [0.15, 0.2) is 48.5 Å². The van der Waals surface area contributed by atoms with Crippen LogP contribution in [-0.4, -0.2) is 42.2 Å². The van der Waals surface area contributed by atoms with Crippen LogP contribution < -0.4 is 4.74 Å². The molecular weight excluding hydrogens is 309 g/mol. The van der Waals surface area contributed by atoms with Crippen LogP contribution in [-0.2, 0) is 0 Å². The molecule has 1 amide bonds. The zero-order chi connectivity index (χ0) is 17.1. The number of nitrogens with zero attached hydrogens (tertiary/aromatic N) is 1. The number of hydrogen-bond donors (Lipinski definition) is 1. The fraction of sp³-hybridized carbons (Fsp3) is 0.316. The summed E-state index contributed by atoms with van der Waals surface area (Å²) >= 11 is 0. The van der Waals surface area contributed by atoms with Crippen LogP contribution in [0.5, 0.6) is 5.75 Å². The van der Waals surface area contributed by atoms with Crippen molar-refractivity contribution in [3.63, 3.8) is 0 Å². The Kier molecular flexibility index (Phi) is 4.81. The third-order valence-corrected chi connectivity index (χ3v) is 4.50. The number of piperidine rings is 1. The van der Waals surface area contributed by atoms with Gasteiger partial charge in [-0.2, -0.15) is 0 Å². The van der Waals surface area contributed by atoms with E-state index in [-0.39, 0.29) is 29.7 Å². The first-order chi connectivity index (χ1) is 11.6. The third-order valence-electron chi connectivity index (χ3n) is 4.50. The van der Waals surface area contributed by atoms with Gasteiger partial charge in [-0.3, -0.25) is 4.79 Å². The standard InChI is InChI=1S/C19H20FNO3/c1-24-18-8-7-14(11-16(18)20)19(23)21-10-9-15(17(22)12-21)13-5-3-2-4-6-13/h2-8,11,15,17,22H,9-10,12H2,1H3/t15-,17+/m0/s1. The summed E-state index contributed by atoms with van der Waals surface area (Å²) in [7, 11) is 1.38. The predicted octanol–water partition coefficient (Wildman–Crippen LogP) is 2.82. The summed E-state index contributed by atoms with van der Waals surface area (Å²) < 4.78 is 18.7. The maximum atomic E-state index is 13.8. The molecule has 126 valence electrons.